The van der Waals surface area contributed by atoms with Crippen LogP contribution in [-0.4, -0.2) is 40.4 Å². The molecule has 0 aliphatic rings. The van der Waals surface area contributed by atoms with Gasteiger partial charge in [-0.1, -0.05) is 23.7 Å². The summed E-state index contributed by atoms with van der Waals surface area (Å²) in [5.41, 5.74) is 0.831. The van der Waals surface area contributed by atoms with Crippen molar-refractivity contribution < 1.29 is 14.2 Å². The third-order valence-corrected chi connectivity index (χ3v) is 3.67. The minimum Gasteiger partial charge on any atom is -0.493 e. The number of nitrogens with zero attached hydrogens (tertiary/aromatic N) is 1. The molecule has 0 aliphatic heterocycles. The summed E-state index contributed by atoms with van der Waals surface area (Å²) in [6, 6.07) is 12.9. The minimum absolute atomic E-state index is 0.455. The van der Waals surface area contributed by atoms with Crippen LogP contribution in [0.25, 0.3) is 0 Å². The van der Waals surface area contributed by atoms with Gasteiger partial charge in [-0.25, -0.2) is 0 Å². The Kier molecular flexibility index (Phi) is 7.22. The summed E-state index contributed by atoms with van der Waals surface area (Å²) in [4.78, 5) is 4.18. The first-order valence-corrected chi connectivity index (χ1v) is 8.12. The number of aliphatic imine (C=N–C) groups is 1. The largest absolute Gasteiger partial charge is 0.493 e. The molecule has 2 aromatic carbocycles. The summed E-state index contributed by atoms with van der Waals surface area (Å²) in [6.07, 6.45) is 0. The van der Waals surface area contributed by atoms with Gasteiger partial charge in [-0.3, -0.25) is 4.99 Å². The maximum absolute atomic E-state index is 6.05. The van der Waals surface area contributed by atoms with Crippen molar-refractivity contribution in [3.05, 3.63) is 47.5 Å². The van der Waals surface area contributed by atoms with Gasteiger partial charge in [0.25, 0.3) is 0 Å². The number of benzene rings is 2. The second kappa shape index (κ2) is 9.64. The van der Waals surface area contributed by atoms with Crippen LogP contribution in [0, 0.1) is 0 Å². The fourth-order valence-electron chi connectivity index (χ4n) is 2.12. The number of para-hydroxylation sites is 1. The molecule has 2 N–H and O–H groups in total. The first-order valence-electron chi connectivity index (χ1n) is 7.75. The van der Waals surface area contributed by atoms with E-state index in [2.05, 4.69) is 15.6 Å². The maximum atomic E-state index is 6.05. The molecule has 0 radical (unpaired) electrons. The number of methoxy groups -OCH3 is 2. The van der Waals surface area contributed by atoms with Crippen LogP contribution >= 0.6 is 11.6 Å². The predicted molar refractivity (Wildman–Crippen MR) is 101 cm³/mol. The second-order valence-corrected chi connectivity index (χ2v) is 5.38. The van der Waals surface area contributed by atoms with Crippen molar-refractivity contribution in [1.82, 2.24) is 5.32 Å². The standard InChI is InChI=1S/C18H22ClN3O3/c1-20-18(21-10-11-25-15-7-5-4-6-14(15)19)22-13-8-9-16(23-2)17(12-13)24-3/h4-9,12H,10-11H2,1-3H3,(H2,20,21,22). The van der Waals surface area contributed by atoms with E-state index < -0.39 is 0 Å². The lowest BCUT2D eigenvalue weighted by Crippen LogP contribution is -2.33. The number of hydrogen-bond donors (Lipinski definition) is 2. The van der Waals surface area contributed by atoms with E-state index in [1.807, 2.05) is 36.4 Å². The molecule has 0 saturated carbocycles. The average molecular weight is 364 g/mol. The van der Waals surface area contributed by atoms with Crippen molar-refractivity contribution in [2.75, 3.05) is 39.7 Å². The molecule has 0 amide bonds. The summed E-state index contributed by atoms with van der Waals surface area (Å²) >= 11 is 6.05. The number of anilines is 1. The van der Waals surface area contributed by atoms with Gasteiger partial charge in [0.05, 0.1) is 25.8 Å². The molecule has 25 heavy (non-hydrogen) atoms. The van der Waals surface area contributed by atoms with Crippen LogP contribution in [0.1, 0.15) is 0 Å². The fourth-order valence-corrected chi connectivity index (χ4v) is 2.31. The third-order valence-electron chi connectivity index (χ3n) is 3.36. The Hall–Kier alpha value is -2.60. The first-order chi connectivity index (χ1) is 12.2. The van der Waals surface area contributed by atoms with E-state index in [9.17, 15) is 0 Å². The highest BCUT2D eigenvalue weighted by Crippen LogP contribution is 2.29. The van der Waals surface area contributed by atoms with E-state index in [1.54, 1.807) is 27.3 Å². The zero-order valence-corrected chi connectivity index (χ0v) is 15.3. The summed E-state index contributed by atoms with van der Waals surface area (Å²) in [5, 5.41) is 6.95. The van der Waals surface area contributed by atoms with E-state index in [4.69, 9.17) is 25.8 Å². The SMILES string of the molecule is CN=C(NCCOc1ccccc1Cl)Nc1ccc(OC)c(OC)c1. The van der Waals surface area contributed by atoms with Gasteiger partial charge in [-0.2, -0.15) is 0 Å². The molecule has 0 aromatic heterocycles. The topological polar surface area (TPSA) is 64.1 Å². The van der Waals surface area contributed by atoms with Crippen molar-refractivity contribution >= 4 is 23.2 Å². The quantitative estimate of drug-likeness (QED) is 0.448. The highest BCUT2D eigenvalue weighted by molar-refractivity contribution is 6.32. The van der Waals surface area contributed by atoms with Crippen LogP contribution < -0.4 is 24.8 Å². The number of rotatable bonds is 7. The molecule has 134 valence electrons. The highest BCUT2D eigenvalue weighted by Gasteiger charge is 2.06. The summed E-state index contributed by atoms with van der Waals surface area (Å²) in [6.45, 7) is 1.02. The number of nitrogens with one attached hydrogen (secondary N) is 2. The van der Waals surface area contributed by atoms with Crippen molar-refractivity contribution in [1.29, 1.82) is 0 Å². The molecule has 7 heteroatoms. The lowest BCUT2D eigenvalue weighted by molar-refractivity contribution is 0.322. The Bertz CT molecular complexity index is 722. The summed E-state index contributed by atoms with van der Waals surface area (Å²) < 4.78 is 16.2. The Morgan fingerprint density at radius 3 is 2.48 bits per heavy atom. The highest BCUT2D eigenvalue weighted by atomic mass is 35.5. The lowest BCUT2D eigenvalue weighted by Gasteiger charge is -2.14. The molecule has 0 atom stereocenters. The van der Waals surface area contributed by atoms with Gasteiger partial charge in [0.1, 0.15) is 12.4 Å². The zero-order chi connectivity index (χ0) is 18.1. The molecule has 0 unspecified atom stereocenters. The third kappa shape index (κ3) is 5.46. The van der Waals surface area contributed by atoms with Gasteiger partial charge >= 0.3 is 0 Å². The second-order valence-electron chi connectivity index (χ2n) is 4.97. The molecule has 2 aromatic rings. The van der Waals surface area contributed by atoms with Crippen LogP contribution in [-0.2, 0) is 0 Å². The van der Waals surface area contributed by atoms with Crippen molar-refractivity contribution in [3.8, 4) is 17.2 Å². The maximum Gasteiger partial charge on any atom is 0.195 e. The molecular weight excluding hydrogens is 342 g/mol. The lowest BCUT2D eigenvalue weighted by atomic mass is 10.3. The monoisotopic (exact) mass is 363 g/mol. The molecule has 0 bridgehead atoms. The number of guanidine groups is 1. The molecule has 0 spiro atoms. The van der Waals surface area contributed by atoms with E-state index in [-0.39, 0.29) is 0 Å². The Balaban J connectivity index is 1.86. The zero-order valence-electron chi connectivity index (χ0n) is 14.5. The van der Waals surface area contributed by atoms with Crippen LogP contribution in [0.3, 0.4) is 0 Å². The molecule has 0 fully saturated rings. The van der Waals surface area contributed by atoms with Gasteiger partial charge in [-0.05, 0) is 24.3 Å². The molecule has 6 nitrogen and oxygen atoms in total. The number of hydrogen-bond acceptors (Lipinski definition) is 4. The van der Waals surface area contributed by atoms with Gasteiger partial charge in [0.2, 0.25) is 0 Å². The van der Waals surface area contributed by atoms with Gasteiger partial charge in [-0.15, -0.1) is 0 Å². The minimum atomic E-state index is 0.455. The molecule has 0 aliphatic carbocycles. The first kappa shape index (κ1) is 18.7. The molecule has 0 saturated heterocycles. The molecular formula is C18H22ClN3O3. The van der Waals surface area contributed by atoms with Crippen LogP contribution in [0.4, 0.5) is 5.69 Å². The van der Waals surface area contributed by atoms with Gasteiger partial charge in [0.15, 0.2) is 17.5 Å². The Morgan fingerprint density at radius 1 is 1.04 bits per heavy atom. The van der Waals surface area contributed by atoms with E-state index in [0.29, 0.717) is 41.4 Å². The molecule has 0 heterocycles. The van der Waals surface area contributed by atoms with Crippen LogP contribution in [0.5, 0.6) is 17.2 Å². The average Bonchev–Trinajstić information content (AvgIpc) is 2.65. The predicted octanol–water partition coefficient (Wildman–Crippen LogP) is 3.42. The van der Waals surface area contributed by atoms with Crippen LogP contribution in [0.2, 0.25) is 5.02 Å². The Morgan fingerprint density at radius 2 is 1.80 bits per heavy atom. The van der Waals surface area contributed by atoms with E-state index in [0.717, 1.165) is 5.69 Å². The smallest absolute Gasteiger partial charge is 0.195 e. The number of ether oxygens (including phenoxy) is 3. The van der Waals surface area contributed by atoms with E-state index in [1.165, 1.54) is 0 Å². The summed E-state index contributed by atoms with van der Waals surface area (Å²) in [7, 11) is 4.90. The number of halogens is 1. The normalized spacial score (nSPS) is 11.0. The van der Waals surface area contributed by atoms with Crippen molar-refractivity contribution in [2.45, 2.75) is 0 Å². The van der Waals surface area contributed by atoms with Crippen LogP contribution in [0.15, 0.2) is 47.5 Å². The Labute approximate surface area is 152 Å². The van der Waals surface area contributed by atoms with Gasteiger partial charge < -0.3 is 24.8 Å². The summed E-state index contributed by atoms with van der Waals surface area (Å²) in [5.74, 6) is 2.60. The van der Waals surface area contributed by atoms with E-state index >= 15 is 0 Å². The van der Waals surface area contributed by atoms with Crippen molar-refractivity contribution in [2.24, 2.45) is 4.99 Å². The van der Waals surface area contributed by atoms with Gasteiger partial charge in [0, 0.05) is 18.8 Å². The van der Waals surface area contributed by atoms with Crippen molar-refractivity contribution in [3.63, 3.8) is 0 Å². The fraction of sp³-hybridized carbons (Fsp3) is 0.278. The molecule has 2 rings (SSSR count).